The Hall–Kier alpha value is -0.220. The fraction of sp³-hybridized carbons (Fsp3) is 1.00. The van der Waals surface area contributed by atoms with Crippen LogP contribution in [0, 0.1) is 23.2 Å². The fourth-order valence-corrected chi connectivity index (χ4v) is 5.24. The van der Waals surface area contributed by atoms with Crippen LogP contribution in [-0.2, 0) is 4.89 Å². The van der Waals surface area contributed by atoms with Crippen molar-refractivity contribution < 1.29 is 18.9 Å². The quantitative estimate of drug-likeness (QED) is 0.607. The van der Waals surface area contributed by atoms with Gasteiger partial charge in [-0.05, 0) is 56.3 Å². The predicted octanol–water partition coefficient (Wildman–Crippen LogP) is 3.72. The maximum Gasteiger partial charge on any atom is 0.274 e. The molecule has 4 heteroatoms. The highest BCUT2D eigenvalue weighted by Crippen LogP contribution is 2.63. The number of alkyl halides is 2. The Morgan fingerprint density at radius 3 is 1.82 bits per heavy atom. The van der Waals surface area contributed by atoms with Crippen molar-refractivity contribution in [3.8, 4) is 0 Å². The summed E-state index contributed by atoms with van der Waals surface area (Å²) in [6, 6.07) is 0. The van der Waals surface area contributed by atoms with Crippen molar-refractivity contribution in [1.29, 1.82) is 0 Å². The molecule has 4 fully saturated rings. The molecule has 0 spiro atoms. The molecule has 0 amide bonds. The van der Waals surface area contributed by atoms with Gasteiger partial charge >= 0.3 is 0 Å². The fourth-order valence-electron chi connectivity index (χ4n) is 5.24. The summed E-state index contributed by atoms with van der Waals surface area (Å²) in [4.78, 5) is 4.25. The van der Waals surface area contributed by atoms with Gasteiger partial charge in [-0.25, -0.2) is 13.7 Å². The van der Waals surface area contributed by atoms with Gasteiger partial charge in [-0.2, -0.15) is 0 Å². The van der Waals surface area contributed by atoms with Crippen molar-refractivity contribution in [3.05, 3.63) is 0 Å². The van der Waals surface area contributed by atoms with Crippen molar-refractivity contribution in [2.24, 2.45) is 23.2 Å². The first-order valence-electron chi connectivity index (χ1n) is 6.61. The molecule has 4 aliphatic rings. The molecular formula is C13H20F2O2. The molecule has 4 aliphatic carbocycles. The molecule has 4 bridgehead atoms. The molecule has 4 saturated carbocycles. The number of hydrogen-bond acceptors (Lipinski definition) is 2. The lowest BCUT2D eigenvalue weighted by Crippen LogP contribution is -2.56. The van der Waals surface area contributed by atoms with Crippen LogP contribution in [-0.4, -0.2) is 17.3 Å². The van der Waals surface area contributed by atoms with E-state index < -0.39 is 17.4 Å². The highest BCUT2D eigenvalue weighted by Gasteiger charge is 2.60. The van der Waals surface area contributed by atoms with Crippen LogP contribution in [0.25, 0.3) is 0 Å². The lowest BCUT2D eigenvalue weighted by atomic mass is 9.47. The Bertz CT molecular complexity index is 276. The Labute approximate surface area is 100 Å². The van der Waals surface area contributed by atoms with E-state index in [-0.39, 0.29) is 0 Å². The van der Waals surface area contributed by atoms with Gasteiger partial charge in [0, 0.05) is 12.3 Å². The Morgan fingerprint density at radius 1 is 1.12 bits per heavy atom. The molecular weight excluding hydrogens is 226 g/mol. The van der Waals surface area contributed by atoms with Crippen LogP contribution in [0.15, 0.2) is 0 Å². The van der Waals surface area contributed by atoms with E-state index in [0.717, 1.165) is 26.2 Å². The van der Waals surface area contributed by atoms with Crippen molar-refractivity contribution >= 4 is 0 Å². The average Bonchev–Trinajstić information content (AvgIpc) is 2.12. The molecule has 1 N–H and O–H groups in total. The average molecular weight is 246 g/mol. The molecule has 0 saturated heterocycles. The van der Waals surface area contributed by atoms with E-state index in [0.29, 0.717) is 17.8 Å². The molecule has 1 unspecified atom stereocenters. The van der Waals surface area contributed by atoms with Crippen molar-refractivity contribution in [3.63, 3.8) is 0 Å². The van der Waals surface area contributed by atoms with E-state index >= 15 is 0 Å². The monoisotopic (exact) mass is 246 g/mol. The van der Waals surface area contributed by atoms with Crippen LogP contribution in [0.2, 0.25) is 0 Å². The maximum absolute atomic E-state index is 13.6. The molecule has 1 atom stereocenters. The van der Waals surface area contributed by atoms with Gasteiger partial charge in [0.15, 0.2) is 6.10 Å². The smallest absolute Gasteiger partial charge is 0.251 e. The Kier molecular flexibility index (Phi) is 2.54. The second-order valence-electron chi connectivity index (χ2n) is 6.72. The summed E-state index contributed by atoms with van der Waals surface area (Å²) in [7, 11) is 0. The van der Waals surface area contributed by atoms with Gasteiger partial charge in [0.1, 0.15) is 0 Å². The van der Waals surface area contributed by atoms with E-state index in [1.807, 2.05) is 0 Å². The highest BCUT2D eigenvalue weighted by molar-refractivity contribution is 5.06. The van der Waals surface area contributed by atoms with Crippen LogP contribution in [0.5, 0.6) is 0 Å². The normalized spacial score (nSPS) is 46.2. The van der Waals surface area contributed by atoms with Crippen LogP contribution < -0.4 is 0 Å². The summed E-state index contributed by atoms with van der Waals surface area (Å²) in [5, 5.41) is 8.94. The van der Waals surface area contributed by atoms with Crippen LogP contribution >= 0.6 is 0 Å². The summed E-state index contributed by atoms with van der Waals surface area (Å²) in [5.74, 6) is -1.20. The Balaban J connectivity index is 1.90. The number of hydrogen-bond donors (Lipinski definition) is 1. The summed E-state index contributed by atoms with van der Waals surface area (Å²) in [6.07, 6.45) is 4.73. The van der Waals surface area contributed by atoms with Gasteiger partial charge in [-0.3, -0.25) is 5.26 Å². The molecule has 0 radical (unpaired) electrons. The molecule has 4 rings (SSSR count). The lowest BCUT2D eigenvalue weighted by Gasteiger charge is -2.59. The molecule has 0 aromatic rings. The van der Waals surface area contributed by atoms with Gasteiger partial charge in [0.25, 0.3) is 5.92 Å². The standard InChI is InChI=1S/C13H20F2O2/c1-12(14,15)11(17-16)13-5-8-2-9(6-13)4-10(3-8)7-13/h8-11,16H,2-7H2,1H3. The second kappa shape index (κ2) is 3.64. The van der Waals surface area contributed by atoms with E-state index in [4.69, 9.17) is 5.26 Å². The summed E-state index contributed by atoms with van der Waals surface area (Å²) in [6.45, 7) is 0.868. The minimum absolute atomic E-state index is 0.470. The molecule has 17 heavy (non-hydrogen) atoms. The minimum Gasteiger partial charge on any atom is -0.251 e. The first kappa shape index (κ1) is 11.8. The van der Waals surface area contributed by atoms with Crippen molar-refractivity contribution in [2.45, 2.75) is 57.5 Å². The molecule has 2 nitrogen and oxygen atoms in total. The third-order valence-corrected chi connectivity index (χ3v) is 5.21. The number of halogens is 2. The lowest BCUT2D eigenvalue weighted by molar-refractivity contribution is -0.361. The van der Waals surface area contributed by atoms with Gasteiger partial charge in [0.05, 0.1) is 0 Å². The molecule has 98 valence electrons. The molecule has 0 heterocycles. The van der Waals surface area contributed by atoms with E-state index in [1.165, 1.54) is 19.3 Å². The second-order valence-corrected chi connectivity index (χ2v) is 6.72. The zero-order chi connectivity index (χ0) is 12.3. The first-order valence-corrected chi connectivity index (χ1v) is 6.61. The summed E-state index contributed by atoms with van der Waals surface area (Å²) >= 11 is 0. The molecule has 0 aliphatic heterocycles. The molecule has 0 aromatic carbocycles. The minimum atomic E-state index is -2.96. The van der Waals surface area contributed by atoms with E-state index in [9.17, 15) is 8.78 Å². The van der Waals surface area contributed by atoms with Crippen LogP contribution in [0.1, 0.15) is 45.4 Å². The highest BCUT2D eigenvalue weighted by atomic mass is 19.3. The van der Waals surface area contributed by atoms with Crippen LogP contribution in [0.3, 0.4) is 0 Å². The van der Waals surface area contributed by atoms with Crippen molar-refractivity contribution in [2.75, 3.05) is 0 Å². The summed E-state index contributed by atoms with van der Waals surface area (Å²) < 4.78 is 27.2. The third kappa shape index (κ3) is 1.80. The SMILES string of the molecule is CC(F)(F)C(OO)C12CC3CC(CC(C3)C1)C2. The Morgan fingerprint density at radius 2 is 1.53 bits per heavy atom. The first-order chi connectivity index (χ1) is 7.93. The largest absolute Gasteiger partial charge is 0.274 e. The van der Waals surface area contributed by atoms with Gasteiger partial charge in [0.2, 0.25) is 0 Å². The number of rotatable bonds is 3. The van der Waals surface area contributed by atoms with Gasteiger partial charge < -0.3 is 0 Å². The van der Waals surface area contributed by atoms with Crippen molar-refractivity contribution in [1.82, 2.24) is 0 Å². The topological polar surface area (TPSA) is 29.5 Å². The predicted molar refractivity (Wildman–Crippen MR) is 58.7 cm³/mol. The van der Waals surface area contributed by atoms with Crippen LogP contribution in [0.4, 0.5) is 8.78 Å². The summed E-state index contributed by atoms with van der Waals surface area (Å²) in [5.41, 5.74) is -0.470. The zero-order valence-corrected chi connectivity index (χ0v) is 10.2. The molecule has 0 aromatic heterocycles. The zero-order valence-electron chi connectivity index (χ0n) is 10.2. The van der Waals surface area contributed by atoms with Gasteiger partial charge in [-0.1, -0.05) is 0 Å². The van der Waals surface area contributed by atoms with E-state index in [1.54, 1.807) is 0 Å². The third-order valence-electron chi connectivity index (χ3n) is 5.21. The van der Waals surface area contributed by atoms with E-state index in [2.05, 4.69) is 4.89 Å². The van der Waals surface area contributed by atoms with Gasteiger partial charge in [-0.15, -0.1) is 0 Å². The maximum atomic E-state index is 13.6.